The Kier molecular flexibility index (Phi) is 4.07. The Morgan fingerprint density at radius 2 is 1.94 bits per heavy atom. The smallest absolute Gasteiger partial charge is 0.325 e. The van der Waals surface area contributed by atoms with Crippen LogP contribution in [0.2, 0.25) is 0 Å². The topological polar surface area (TPSA) is 49.3 Å². The van der Waals surface area contributed by atoms with E-state index in [2.05, 4.69) is 5.32 Å². The summed E-state index contributed by atoms with van der Waals surface area (Å²) in [4.78, 5) is 11.2. The lowest BCUT2D eigenvalue weighted by molar-refractivity contribution is -0.140. The SMILES string of the molecule is CCC(C)(C)NC(C(=O)O)c1ccccc1. The highest BCUT2D eigenvalue weighted by Gasteiger charge is 2.26. The zero-order valence-corrected chi connectivity index (χ0v) is 10.0. The number of benzene rings is 1. The van der Waals surface area contributed by atoms with Crippen molar-refractivity contribution in [3.8, 4) is 0 Å². The van der Waals surface area contributed by atoms with Gasteiger partial charge in [0.15, 0.2) is 0 Å². The molecule has 1 atom stereocenters. The minimum Gasteiger partial charge on any atom is -0.480 e. The maximum atomic E-state index is 11.2. The van der Waals surface area contributed by atoms with E-state index in [1.807, 2.05) is 51.1 Å². The third-order valence-electron chi connectivity index (χ3n) is 2.80. The molecule has 0 saturated carbocycles. The van der Waals surface area contributed by atoms with Gasteiger partial charge >= 0.3 is 5.97 Å². The summed E-state index contributed by atoms with van der Waals surface area (Å²) in [5.74, 6) is -0.840. The molecule has 0 fully saturated rings. The number of carboxylic acid groups (broad SMARTS) is 1. The fourth-order valence-electron chi connectivity index (χ4n) is 1.43. The molecule has 0 saturated heterocycles. The highest BCUT2D eigenvalue weighted by molar-refractivity contribution is 5.75. The van der Waals surface area contributed by atoms with E-state index in [1.165, 1.54) is 0 Å². The first-order valence-corrected chi connectivity index (χ1v) is 5.52. The molecule has 0 bridgehead atoms. The van der Waals surface area contributed by atoms with Crippen molar-refractivity contribution in [2.24, 2.45) is 0 Å². The maximum absolute atomic E-state index is 11.2. The predicted molar refractivity (Wildman–Crippen MR) is 64.3 cm³/mol. The Morgan fingerprint density at radius 3 is 2.38 bits per heavy atom. The van der Waals surface area contributed by atoms with E-state index < -0.39 is 12.0 Å². The van der Waals surface area contributed by atoms with Gasteiger partial charge in [0.25, 0.3) is 0 Å². The van der Waals surface area contributed by atoms with Gasteiger partial charge < -0.3 is 5.11 Å². The number of hydrogen-bond acceptors (Lipinski definition) is 2. The van der Waals surface area contributed by atoms with Crippen molar-refractivity contribution in [1.82, 2.24) is 5.32 Å². The molecule has 0 amide bonds. The second kappa shape index (κ2) is 5.12. The molecule has 88 valence electrons. The van der Waals surface area contributed by atoms with Crippen LogP contribution in [0, 0.1) is 0 Å². The fourth-order valence-corrected chi connectivity index (χ4v) is 1.43. The van der Waals surface area contributed by atoms with Crippen molar-refractivity contribution >= 4 is 5.97 Å². The quantitative estimate of drug-likeness (QED) is 0.803. The van der Waals surface area contributed by atoms with Gasteiger partial charge in [-0.25, -0.2) is 0 Å². The van der Waals surface area contributed by atoms with Gasteiger partial charge in [-0.05, 0) is 25.8 Å². The number of aliphatic carboxylic acids is 1. The summed E-state index contributed by atoms with van der Waals surface area (Å²) >= 11 is 0. The standard InChI is InChI=1S/C13H19NO2/c1-4-13(2,3)14-11(12(15)16)10-8-6-5-7-9-10/h5-9,11,14H,4H2,1-3H3,(H,15,16). The number of nitrogens with one attached hydrogen (secondary N) is 1. The van der Waals surface area contributed by atoms with Crippen LogP contribution >= 0.6 is 0 Å². The van der Waals surface area contributed by atoms with Crippen molar-refractivity contribution in [3.05, 3.63) is 35.9 Å². The van der Waals surface area contributed by atoms with Crippen molar-refractivity contribution in [2.75, 3.05) is 0 Å². The van der Waals surface area contributed by atoms with Gasteiger partial charge in [0.05, 0.1) is 0 Å². The minimum absolute atomic E-state index is 0.182. The molecule has 2 N–H and O–H groups in total. The molecule has 0 aliphatic heterocycles. The molecule has 0 spiro atoms. The summed E-state index contributed by atoms with van der Waals surface area (Å²) < 4.78 is 0. The summed E-state index contributed by atoms with van der Waals surface area (Å²) in [5.41, 5.74) is 0.607. The molecule has 16 heavy (non-hydrogen) atoms. The van der Waals surface area contributed by atoms with Crippen LogP contribution in [0.3, 0.4) is 0 Å². The van der Waals surface area contributed by atoms with Crippen molar-refractivity contribution in [3.63, 3.8) is 0 Å². The average Bonchev–Trinajstić information content (AvgIpc) is 2.27. The van der Waals surface area contributed by atoms with E-state index in [9.17, 15) is 9.90 Å². The lowest BCUT2D eigenvalue weighted by atomic mass is 9.98. The van der Waals surface area contributed by atoms with Crippen molar-refractivity contribution in [1.29, 1.82) is 0 Å². The molecule has 0 aromatic heterocycles. The van der Waals surface area contributed by atoms with E-state index in [1.54, 1.807) is 0 Å². The Labute approximate surface area is 96.5 Å². The minimum atomic E-state index is -0.840. The van der Waals surface area contributed by atoms with Crippen LogP contribution in [0.25, 0.3) is 0 Å². The van der Waals surface area contributed by atoms with E-state index in [0.29, 0.717) is 0 Å². The van der Waals surface area contributed by atoms with Crippen LogP contribution in [-0.2, 0) is 4.79 Å². The molecular formula is C13H19NO2. The number of rotatable bonds is 5. The van der Waals surface area contributed by atoms with Crippen LogP contribution < -0.4 is 5.32 Å². The van der Waals surface area contributed by atoms with Gasteiger partial charge in [-0.2, -0.15) is 0 Å². The molecule has 0 aliphatic rings. The molecule has 1 unspecified atom stereocenters. The van der Waals surface area contributed by atoms with Crippen molar-refractivity contribution < 1.29 is 9.90 Å². The van der Waals surface area contributed by atoms with Gasteiger partial charge in [-0.3, -0.25) is 10.1 Å². The molecule has 0 aliphatic carbocycles. The van der Waals surface area contributed by atoms with E-state index in [0.717, 1.165) is 12.0 Å². The molecule has 1 rings (SSSR count). The van der Waals surface area contributed by atoms with Gasteiger partial charge in [0, 0.05) is 5.54 Å². The molecule has 3 nitrogen and oxygen atoms in total. The first-order chi connectivity index (χ1) is 7.46. The van der Waals surface area contributed by atoms with Crippen LogP contribution in [-0.4, -0.2) is 16.6 Å². The van der Waals surface area contributed by atoms with Gasteiger partial charge in [-0.15, -0.1) is 0 Å². The van der Waals surface area contributed by atoms with Gasteiger partial charge in [0.1, 0.15) is 6.04 Å². The van der Waals surface area contributed by atoms with E-state index in [4.69, 9.17) is 0 Å². The third kappa shape index (κ3) is 3.35. The Morgan fingerprint density at radius 1 is 1.38 bits per heavy atom. The number of hydrogen-bond donors (Lipinski definition) is 2. The summed E-state index contributed by atoms with van der Waals surface area (Å²) in [6.07, 6.45) is 0.879. The second-order valence-corrected chi connectivity index (χ2v) is 4.56. The second-order valence-electron chi connectivity index (χ2n) is 4.56. The first kappa shape index (κ1) is 12.7. The normalized spacial score (nSPS) is 13.4. The molecule has 1 aromatic rings. The fraction of sp³-hybridized carbons (Fsp3) is 0.462. The van der Waals surface area contributed by atoms with Crippen LogP contribution in [0.15, 0.2) is 30.3 Å². The lowest BCUT2D eigenvalue weighted by Crippen LogP contribution is -2.44. The van der Waals surface area contributed by atoms with Crippen LogP contribution in [0.5, 0.6) is 0 Å². The van der Waals surface area contributed by atoms with Crippen LogP contribution in [0.1, 0.15) is 38.8 Å². The Balaban J connectivity index is 2.89. The van der Waals surface area contributed by atoms with Crippen molar-refractivity contribution in [2.45, 2.75) is 38.8 Å². The largest absolute Gasteiger partial charge is 0.480 e. The Bertz CT molecular complexity index is 346. The monoisotopic (exact) mass is 221 g/mol. The average molecular weight is 221 g/mol. The summed E-state index contributed by atoms with van der Waals surface area (Å²) in [5, 5.41) is 12.4. The van der Waals surface area contributed by atoms with Crippen LogP contribution in [0.4, 0.5) is 0 Å². The first-order valence-electron chi connectivity index (χ1n) is 5.52. The molecule has 0 radical (unpaired) electrons. The number of carboxylic acids is 1. The van der Waals surface area contributed by atoms with E-state index in [-0.39, 0.29) is 5.54 Å². The number of carbonyl (C=O) groups is 1. The molecular weight excluding hydrogens is 202 g/mol. The highest BCUT2D eigenvalue weighted by atomic mass is 16.4. The summed E-state index contributed by atoms with van der Waals surface area (Å²) in [7, 11) is 0. The predicted octanol–water partition coefficient (Wildman–Crippen LogP) is 2.59. The van der Waals surface area contributed by atoms with Gasteiger partial charge in [0.2, 0.25) is 0 Å². The van der Waals surface area contributed by atoms with E-state index >= 15 is 0 Å². The molecule has 1 aromatic carbocycles. The molecule has 0 heterocycles. The third-order valence-corrected chi connectivity index (χ3v) is 2.80. The zero-order valence-electron chi connectivity index (χ0n) is 10.0. The molecule has 3 heteroatoms. The maximum Gasteiger partial charge on any atom is 0.325 e. The summed E-state index contributed by atoms with van der Waals surface area (Å²) in [6, 6.07) is 8.61. The van der Waals surface area contributed by atoms with Gasteiger partial charge in [-0.1, -0.05) is 37.3 Å². The summed E-state index contributed by atoms with van der Waals surface area (Å²) in [6.45, 7) is 6.05. The highest BCUT2D eigenvalue weighted by Crippen LogP contribution is 2.18. The Hall–Kier alpha value is -1.35. The zero-order chi connectivity index (χ0) is 12.2. The lowest BCUT2D eigenvalue weighted by Gasteiger charge is -2.29.